The van der Waals surface area contributed by atoms with Crippen molar-refractivity contribution in [1.29, 1.82) is 0 Å². The van der Waals surface area contributed by atoms with Crippen LogP contribution in [0, 0.1) is 0 Å². The standard InChI is InChI=1S/C17H22ClNO2/c1-2-8-21-16-5-3-4-12(9-16)17(20)19-14-6-7-15(19)11-13(18)10-14/h3-5,9,13-15H,2,6-8,10-11H2,1H3. The van der Waals surface area contributed by atoms with Crippen LogP contribution in [0.2, 0.25) is 0 Å². The number of carbonyl (C=O) groups excluding carboxylic acids is 1. The number of alkyl halides is 1. The van der Waals surface area contributed by atoms with E-state index in [1.807, 2.05) is 24.3 Å². The summed E-state index contributed by atoms with van der Waals surface area (Å²) in [6.07, 6.45) is 4.99. The van der Waals surface area contributed by atoms with E-state index in [1.165, 1.54) is 0 Å². The summed E-state index contributed by atoms with van der Waals surface area (Å²) in [4.78, 5) is 14.9. The van der Waals surface area contributed by atoms with Gasteiger partial charge in [0.05, 0.1) is 6.61 Å². The van der Waals surface area contributed by atoms with Crippen molar-refractivity contribution in [3.05, 3.63) is 29.8 Å². The first-order valence-electron chi connectivity index (χ1n) is 7.88. The lowest BCUT2D eigenvalue weighted by molar-refractivity contribution is 0.0599. The molecular formula is C17H22ClNO2. The van der Waals surface area contributed by atoms with E-state index in [0.717, 1.165) is 43.4 Å². The number of carbonyl (C=O) groups is 1. The summed E-state index contributed by atoms with van der Waals surface area (Å²) < 4.78 is 5.63. The number of hydrogen-bond acceptors (Lipinski definition) is 2. The van der Waals surface area contributed by atoms with Gasteiger partial charge >= 0.3 is 0 Å². The largest absolute Gasteiger partial charge is 0.494 e. The molecule has 2 unspecified atom stereocenters. The summed E-state index contributed by atoms with van der Waals surface area (Å²) in [6, 6.07) is 8.19. The minimum absolute atomic E-state index is 0.132. The van der Waals surface area contributed by atoms with Crippen LogP contribution in [0.25, 0.3) is 0 Å². The van der Waals surface area contributed by atoms with Gasteiger partial charge in [0.2, 0.25) is 0 Å². The van der Waals surface area contributed by atoms with Crippen molar-refractivity contribution in [1.82, 2.24) is 4.90 Å². The fourth-order valence-corrected chi connectivity index (χ4v) is 3.94. The van der Waals surface area contributed by atoms with Gasteiger partial charge in [-0.15, -0.1) is 11.6 Å². The summed E-state index contributed by atoms with van der Waals surface area (Å²) in [5, 5.41) is 0.228. The molecule has 0 saturated carbocycles. The molecule has 21 heavy (non-hydrogen) atoms. The van der Waals surface area contributed by atoms with E-state index in [2.05, 4.69) is 11.8 Å². The second-order valence-corrected chi connectivity index (χ2v) is 6.66. The minimum atomic E-state index is 0.132. The maximum atomic E-state index is 12.8. The van der Waals surface area contributed by atoms with Crippen LogP contribution in [0.4, 0.5) is 0 Å². The summed E-state index contributed by atoms with van der Waals surface area (Å²) in [5.74, 6) is 0.912. The van der Waals surface area contributed by atoms with Crippen molar-refractivity contribution in [2.75, 3.05) is 6.61 Å². The molecule has 3 nitrogen and oxygen atoms in total. The molecule has 4 heteroatoms. The highest BCUT2D eigenvalue weighted by molar-refractivity contribution is 6.20. The van der Waals surface area contributed by atoms with Crippen LogP contribution in [0.15, 0.2) is 24.3 Å². The Morgan fingerprint density at radius 3 is 2.71 bits per heavy atom. The molecule has 0 aromatic heterocycles. The maximum absolute atomic E-state index is 12.8. The molecule has 2 aliphatic rings. The molecule has 1 aromatic rings. The van der Waals surface area contributed by atoms with Crippen molar-refractivity contribution in [2.24, 2.45) is 0 Å². The average Bonchev–Trinajstić information content (AvgIpc) is 2.76. The van der Waals surface area contributed by atoms with Gasteiger partial charge in [0.25, 0.3) is 5.91 Å². The maximum Gasteiger partial charge on any atom is 0.254 e. The van der Waals surface area contributed by atoms with Crippen molar-refractivity contribution < 1.29 is 9.53 Å². The predicted molar refractivity (Wildman–Crippen MR) is 84.1 cm³/mol. The predicted octanol–water partition coefficient (Wildman–Crippen LogP) is 3.85. The number of rotatable bonds is 4. The lowest BCUT2D eigenvalue weighted by Crippen LogP contribution is -2.46. The molecule has 2 fully saturated rings. The first-order chi connectivity index (χ1) is 10.2. The Bertz CT molecular complexity index is 505. The molecule has 0 spiro atoms. The third-order valence-electron chi connectivity index (χ3n) is 4.46. The topological polar surface area (TPSA) is 29.5 Å². The van der Waals surface area contributed by atoms with Gasteiger partial charge in [0, 0.05) is 23.0 Å². The quantitative estimate of drug-likeness (QED) is 0.791. The first kappa shape index (κ1) is 14.7. The number of nitrogens with zero attached hydrogens (tertiary/aromatic N) is 1. The number of piperidine rings is 1. The molecule has 2 atom stereocenters. The molecule has 1 amide bonds. The van der Waals surface area contributed by atoms with Gasteiger partial charge in [0.15, 0.2) is 0 Å². The monoisotopic (exact) mass is 307 g/mol. The lowest BCUT2D eigenvalue weighted by atomic mass is 10.0. The molecular weight excluding hydrogens is 286 g/mol. The molecule has 1 aromatic carbocycles. The molecule has 2 saturated heterocycles. The Morgan fingerprint density at radius 2 is 2.05 bits per heavy atom. The van der Waals surface area contributed by atoms with E-state index >= 15 is 0 Å². The summed E-state index contributed by atoms with van der Waals surface area (Å²) in [5.41, 5.74) is 0.730. The fraction of sp³-hybridized carbons (Fsp3) is 0.588. The van der Waals surface area contributed by atoms with E-state index in [1.54, 1.807) is 0 Å². The van der Waals surface area contributed by atoms with Gasteiger partial charge in [-0.25, -0.2) is 0 Å². The van der Waals surface area contributed by atoms with Gasteiger partial charge in [-0.1, -0.05) is 13.0 Å². The Balaban J connectivity index is 1.76. The van der Waals surface area contributed by atoms with E-state index in [9.17, 15) is 4.79 Å². The molecule has 114 valence electrons. The number of benzene rings is 1. The fourth-order valence-electron chi connectivity index (χ4n) is 3.53. The second-order valence-electron chi connectivity index (χ2n) is 6.04. The van der Waals surface area contributed by atoms with Crippen LogP contribution >= 0.6 is 11.6 Å². The zero-order valence-corrected chi connectivity index (χ0v) is 13.2. The number of halogens is 1. The van der Waals surface area contributed by atoms with E-state index in [4.69, 9.17) is 16.3 Å². The van der Waals surface area contributed by atoms with Crippen molar-refractivity contribution >= 4 is 17.5 Å². The number of amides is 1. The first-order valence-corrected chi connectivity index (χ1v) is 8.32. The van der Waals surface area contributed by atoms with Crippen LogP contribution in [0.5, 0.6) is 5.75 Å². The van der Waals surface area contributed by atoms with E-state index in [0.29, 0.717) is 18.7 Å². The Morgan fingerprint density at radius 1 is 1.33 bits per heavy atom. The van der Waals surface area contributed by atoms with Crippen molar-refractivity contribution in [3.63, 3.8) is 0 Å². The van der Waals surface area contributed by atoms with Crippen LogP contribution < -0.4 is 4.74 Å². The third kappa shape index (κ3) is 3.03. The number of hydrogen-bond donors (Lipinski definition) is 0. The van der Waals surface area contributed by atoms with Gasteiger partial charge in [-0.3, -0.25) is 4.79 Å². The highest BCUT2D eigenvalue weighted by Gasteiger charge is 2.42. The highest BCUT2D eigenvalue weighted by atomic mass is 35.5. The zero-order chi connectivity index (χ0) is 14.8. The minimum Gasteiger partial charge on any atom is -0.494 e. The number of ether oxygens (including phenoxy) is 1. The molecule has 2 bridgehead atoms. The van der Waals surface area contributed by atoms with Crippen molar-refractivity contribution in [3.8, 4) is 5.75 Å². The lowest BCUT2D eigenvalue weighted by Gasteiger charge is -2.37. The summed E-state index contributed by atoms with van der Waals surface area (Å²) >= 11 is 6.29. The van der Waals surface area contributed by atoms with Gasteiger partial charge < -0.3 is 9.64 Å². The molecule has 2 heterocycles. The zero-order valence-electron chi connectivity index (χ0n) is 12.4. The Kier molecular flexibility index (Phi) is 4.39. The van der Waals surface area contributed by atoms with E-state index in [-0.39, 0.29) is 11.3 Å². The Hall–Kier alpha value is -1.22. The highest BCUT2D eigenvalue weighted by Crippen LogP contribution is 2.38. The Labute approximate surface area is 131 Å². The van der Waals surface area contributed by atoms with Gasteiger partial charge in [0.1, 0.15) is 5.75 Å². The SMILES string of the molecule is CCCOc1cccc(C(=O)N2C3CCC2CC(Cl)C3)c1. The second kappa shape index (κ2) is 6.27. The molecule has 0 aliphatic carbocycles. The third-order valence-corrected chi connectivity index (χ3v) is 4.82. The summed E-state index contributed by atoms with van der Waals surface area (Å²) in [7, 11) is 0. The molecule has 0 radical (unpaired) electrons. The van der Waals surface area contributed by atoms with Crippen molar-refractivity contribution in [2.45, 2.75) is 56.5 Å². The van der Waals surface area contributed by atoms with Gasteiger partial charge in [-0.2, -0.15) is 0 Å². The van der Waals surface area contributed by atoms with Crippen LogP contribution in [0.1, 0.15) is 49.4 Å². The molecule has 3 rings (SSSR count). The smallest absolute Gasteiger partial charge is 0.254 e. The van der Waals surface area contributed by atoms with E-state index < -0.39 is 0 Å². The summed E-state index contributed by atoms with van der Waals surface area (Å²) in [6.45, 7) is 2.75. The van der Waals surface area contributed by atoms with Crippen LogP contribution in [-0.2, 0) is 0 Å². The van der Waals surface area contributed by atoms with Crippen LogP contribution in [-0.4, -0.2) is 34.9 Å². The average molecular weight is 308 g/mol. The normalized spacial score (nSPS) is 27.7. The van der Waals surface area contributed by atoms with Crippen LogP contribution in [0.3, 0.4) is 0 Å². The number of fused-ring (bicyclic) bond motifs is 2. The van der Waals surface area contributed by atoms with Gasteiger partial charge in [-0.05, 0) is 50.3 Å². The molecule has 2 aliphatic heterocycles. The molecule has 0 N–H and O–H groups in total.